The molecule has 0 saturated carbocycles. The lowest BCUT2D eigenvalue weighted by Crippen LogP contribution is -2.14. The Kier molecular flexibility index (Phi) is 7.75. The Morgan fingerprint density at radius 3 is 2.20 bits per heavy atom. The van der Waals surface area contributed by atoms with E-state index in [1.54, 1.807) is 30.0 Å². The van der Waals surface area contributed by atoms with Crippen LogP contribution in [0.3, 0.4) is 0 Å². The molecule has 0 fully saturated rings. The standard InChI is InChI=1S/C29H24N2O3S/c1-21-18-23(20-35-26-10-6-3-7-11-26)14-17-28(21)30-29(32)27(24-8-4-2-5-9-24)19-22-12-15-25(16-13-22)31(33)34/h2-19H,20H2,1H3,(H,30,32)/b27-19+. The monoisotopic (exact) mass is 480 g/mol. The summed E-state index contributed by atoms with van der Waals surface area (Å²) in [5.74, 6) is 0.595. The molecule has 0 saturated heterocycles. The van der Waals surface area contributed by atoms with Crippen molar-refractivity contribution in [3.05, 3.63) is 135 Å². The number of benzene rings is 4. The number of rotatable bonds is 8. The van der Waals surface area contributed by atoms with Crippen LogP contribution in [-0.2, 0) is 10.5 Å². The largest absolute Gasteiger partial charge is 0.322 e. The molecule has 0 aliphatic carbocycles. The maximum Gasteiger partial charge on any atom is 0.269 e. The Morgan fingerprint density at radius 1 is 0.914 bits per heavy atom. The molecule has 0 aromatic heterocycles. The van der Waals surface area contributed by atoms with Crippen LogP contribution in [0, 0.1) is 17.0 Å². The molecule has 6 heteroatoms. The van der Waals surface area contributed by atoms with E-state index in [0.717, 1.165) is 22.6 Å². The fourth-order valence-corrected chi connectivity index (χ4v) is 4.45. The number of non-ortho nitro benzene ring substituents is 1. The maximum absolute atomic E-state index is 13.3. The first-order valence-electron chi connectivity index (χ1n) is 11.1. The molecule has 0 unspecified atom stereocenters. The van der Waals surface area contributed by atoms with Gasteiger partial charge in [-0.2, -0.15) is 0 Å². The van der Waals surface area contributed by atoms with Crippen LogP contribution in [0.5, 0.6) is 0 Å². The van der Waals surface area contributed by atoms with E-state index in [4.69, 9.17) is 0 Å². The summed E-state index contributed by atoms with van der Waals surface area (Å²) in [5.41, 5.74) is 4.85. The molecule has 0 heterocycles. The summed E-state index contributed by atoms with van der Waals surface area (Å²) < 4.78 is 0. The summed E-state index contributed by atoms with van der Waals surface area (Å²) in [5, 5.41) is 14.0. The van der Waals surface area contributed by atoms with Gasteiger partial charge in [0.15, 0.2) is 0 Å². The molecule has 0 atom stereocenters. The molecule has 0 spiro atoms. The van der Waals surface area contributed by atoms with E-state index in [2.05, 4.69) is 23.5 Å². The Hall–Kier alpha value is -4.16. The van der Waals surface area contributed by atoms with Crippen LogP contribution < -0.4 is 5.32 Å². The van der Waals surface area contributed by atoms with Gasteiger partial charge in [0.05, 0.1) is 4.92 Å². The van der Waals surface area contributed by atoms with E-state index in [-0.39, 0.29) is 11.6 Å². The van der Waals surface area contributed by atoms with Crippen LogP contribution in [0.4, 0.5) is 11.4 Å². The zero-order valence-electron chi connectivity index (χ0n) is 19.2. The molecule has 0 radical (unpaired) electrons. The predicted molar refractivity (Wildman–Crippen MR) is 143 cm³/mol. The summed E-state index contributed by atoms with van der Waals surface area (Å²) >= 11 is 1.77. The first-order chi connectivity index (χ1) is 17.0. The summed E-state index contributed by atoms with van der Waals surface area (Å²) in [6.07, 6.45) is 1.74. The van der Waals surface area contributed by atoms with Crippen molar-refractivity contribution >= 4 is 40.7 Å². The topological polar surface area (TPSA) is 72.2 Å². The van der Waals surface area contributed by atoms with E-state index in [9.17, 15) is 14.9 Å². The van der Waals surface area contributed by atoms with Gasteiger partial charge in [-0.1, -0.05) is 60.7 Å². The second-order valence-corrected chi connectivity index (χ2v) is 9.03. The molecule has 4 aromatic carbocycles. The minimum atomic E-state index is -0.441. The minimum Gasteiger partial charge on any atom is -0.322 e. The van der Waals surface area contributed by atoms with Crippen LogP contribution in [-0.4, -0.2) is 10.8 Å². The van der Waals surface area contributed by atoms with Gasteiger partial charge in [-0.3, -0.25) is 14.9 Å². The Morgan fingerprint density at radius 2 is 1.57 bits per heavy atom. The van der Waals surface area contributed by atoms with Crippen LogP contribution in [0.1, 0.15) is 22.3 Å². The third kappa shape index (κ3) is 6.46. The van der Waals surface area contributed by atoms with Crippen molar-refractivity contribution in [2.24, 2.45) is 0 Å². The highest BCUT2D eigenvalue weighted by Gasteiger charge is 2.14. The molecule has 0 aliphatic rings. The maximum atomic E-state index is 13.3. The second-order valence-electron chi connectivity index (χ2n) is 7.98. The van der Waals surface area contributed by atoms with Gasteiger partial charge in [-0.25, -0.2) is 0 Å². The average Bonchev–Trinajstić information content (AvgIpc) is 2.89. The van der Waals surface area contributed by atoms with Crippen LogP contribution in [0.15, 0.2) is 108 Å². The van der Waals surface area contributed by atoms with Crippen molar-refractivity contribution in [2.45, 2.75) is 17.6 Å². The number of hydrogen-bond donors (Lipinski definition) is 1. The summed E-state index contributed by atoms with van der Waals surface area (Å²) in [6, 6.07) is 31.8. The average molecular weight is 481 g/mol. The second kappa shape index (κ2) is 11.3. The van der Waals surface area contributed by atoms with Crippen LogP contribution in [0.25, 0.3) is 11.6 Å². The number of amides is 1. The lowest BCUT2D eigenvalue weighted by Gasteiger charge is -2.13. The zero-order valence-corrected chi connectivity index (χ0v) is 20.0. The Bertz CT molecular complexity index is 1350. The van der Waals surface area contributed by atoms with Crippen molar-refractivity contribution in [1.29, 1.82) is 0 Å². The fraction of sp³-hybridized carbons (Fsp3) is 0.0690. The van der Waals surface area contributed by atoms with E-state index in [1.807, 2.05) is 67.6 Å². The van der Waals surface area contributed by atoms with Gasteiger partial charge in [0, 0.05) is 34.0 Å². The van der Waals surface area contributed by atoms with Crippen molar-refractivity contribution in [3.8, 4) is 0 Å². The number of anilines is 1. The number of nitrogens with one attached hydrogen (secondary N) is 1. The van der Waals surface area contributed by atoms with E-state index in [0.29, 0.717) is 11.1 Å². The van der Waals surface area contributed by atoms with E-state index >= 15 is 0 Å². The molecule has 1 N–H and O–H groups in total. The van der Waals surface area contributed by atoms with E-state index < -0.39 is 4.92 Å². The lowest BCUT2D eigenvalue weighted by molar-refractivity contribution is -0.384. The van der Waals surface area contributed by atoms with Gasteiger partial charge in [-0.15, -0.1) is 11.8 Å². The summed E-state index contributed by atoms with van der Waals surface area (Å²) in [4.78, 5) is 25.1. The fourth-order valence-electron chi connectivity index (χ4n) is 3.59. The molecule has 1 amide bonds. The van der Waals surface area contributed by atoms with Crippen molar-refractivity contribution in [1.82, 2.24) is 0 Å². The lowest BCUT2D eigenvalue weighted by atomic mass is 10.0. The van der Waals surface area contributed by atoms with Gasteiger partial charge >= 0.3 is 0 Å². The van der Waals surface area contributed by atoms with Gasteiger partial charge in [-0.05, 0) is 65.6 Å². The first-order valence-corrected chi connectivity index (χ1v) is 12.1. The number of carbonyl (C=O) groups is 1. The normalized spacial score (nSPS) is 11.2. The van der Waals surface area contributed by atoms with Crippen molar-refractivity contribution in [3.63, 3.8) is 0 Å². The molecular weight excluding hydrogens is 456 g/mol. The van der Waals surface area contributed by atoms with E-state index in [1.165, 1.54) is 22.6 Å². The van der Waals surface area contributed by atoms with Crippen LogP contribution in [0.2, 0.25) is 0 Å². The summed E-state index contributed by atoms with van der Waals surface area (Å²) in [7, 11) is 0. The molecular formula is C29H24N2O3S. The number of hydrogen-bond acceptors (Lipinski definition) is 4. The Balaban J connectivity index is 1.54. The van der Waals surface area contributed by atoms with Gasteiger partial charge in [0.1, 0.15) is 0 Å². The molecule has 174 valence electrons. The number of nitrogens with zero attached hydrogens (tertiary/aromatic N) is 1. The third-order valence-electron chi connectivity index (χ3n) is 5.43. The highest BCUT2D eigenvalue weighted by atomic mass is 32.2. The first kappa shape index (κ1) is 24.0. The highest BCUT2D eigenvalue weighted by Crippen LogP contribution is 2.27. The SMILES string of the molecule is Cc1cc(CSc2ccccc2)ccc1NC(=O)/C(=C/c1ccc([N+](=O)[O-])cc1)c1ccccc1. The molecule has 4 rings (SSSR count). The van der Waals surface area contributed by atoms with Gasteiger partial charge in [0.2, 0.25) is 0 Å². The number of thioether (sulfide) groups is 1. The number of nitro groups is 1. The van der Waals surface area contributed by atoms with Crippen molar-refractivity contribution < 1.29 is 9.72 Å². The Labute approximate surface area is 208 Å². The number of nitro benzene ring substituents is 1. The smallest absolute Gasteiger partial charge is 0.269 e. The zero-order chi connectivity index (χ0) is 24.6. The minimum absolute atomic E-state index is 0.00834. The molecule has 0 aliphatic heterocycles. The molecule has 0 bridgehead atoms. The number of aryl methyl sites for hydroxylation is 1. The van der Waals surface area contributed by atoms with Crippen LogP contribution >= 0.6 is 11.8 Å². The molecule has 5 nitrogen and oxygen atoms in total. The molecule has 4 aromatic rings. The van der Waals surface area contributed by atoms with Gasteiger partial charge < -0.3 is 5.32 Å². The number of carbonyl (C=O) groups excluding carboxylic acids is 1. The van der Waals surface area contributed by atoms with Gasteiger partial charge in [0.25, 0.3) is 11.6 Å². The quantitative estimate of drug-likeness (QED) is 0.0939. The predicted octanol–water partition coefficient (Wildman–Crippen LogP) is 7.37. The molecule has 35 heavy (non-hydrogen) atoms. The summed E-state index contributed by atoms with van der Waals surface area (Å²) in [6.45, 7) is 1.98. The highest BCUT2D eigenvalue weighted by molar-refractivity contribution is 7.98. The third-order valence-corrected chi connectivity index (χ3v) is 6.52. The van der Waals surface area contributed by atoms with Crippen molar-refractivity contribution in [2.75, 3.05) is 5.32 Å².